The Morgan fingerprint density at radius 3 is 3.16 bits per heavy atom. The van der Waals surface area contributed by atoms with Crippen molar-refractivity contribution in [1.82, 2.24) is 20.6 Å². The van der Waals surface area contributed by atoms with Gasteiger partial charge in [-0.25, -0.2) is 4.98 Å². The highest BCUT2D eigenvalue weighted by Gasteiger charge is 2.28. The van der Waals surface area contributed by atoms with Crippen LogP contribution >= 0.6 is 11.8 Å². The molecule has 0 radical (unpaired) electrons. The molecule has 5 nitrogen and oxygen atoms in total. The topological polar surface area (TPSA) is 73.0 Å². The van der Waals surface area contributed by atoms with Gasteiger partial charge in [0.25, 0.3) is 0 Å². The molecule has 0 spiro atoms. The predicted molar refractivity (Wildman–Crippen MR) is 79.4 cm³/mol. The third-order valence-corrected chi connectivity index (χ3v) is 4.47. The zero-order chi connectivity index (χ0) is 13.6. The second-order valence-electron chi connectivity index (χ2n) is 5.21. The Morgan fingerprint density at radius 2 is 2.47 bits per heavy atom. The Hall–Kier alpha value is -0.560. The zero-order valence-electron chi connectivity index (χ0n) is 11.5. The summed E-state index contributed by atoms with van der Waals surface area (Å²) in [5.74, 6) is 1.98. The quantitative estimate of drug-likeness (QED) is 0.554. The van der Waals surface area contributed by atoms with E-state index in [2.05, 4.69) is 20.6 Å². The number of hydrogen-bond acceptors (Lipinski definition) is 5. The van der Waals surface area contributed by atoms with Crippen molar-refractivity contribution in [3.05, 3.63) is 17.7 Å². The first kappa shape index (κ1) is 14.8. The first-order valence-corrected chi connectivity index (χ1v) is 8.05. The van der Waals surface area contributed by atoms with Gasteiger partial charge in [-0.3, -0.25) is 0 Å². The van der Waals surface area contributed by atoms with Crippen LogP contribution < -0.4 is 10.6 Å². The number of piperidine rings is 1. The number of aromatic nitrogens is 2. The van der Waals surface area contributed by atoms with Crippen LogP contribution in [0.2, 0.25) is 0 Å². The van der Waals surface area contributed by atoms with E-state index in [1.807, 2.05) is 18.7 Å². The lowest BCUT2D eigenvalue weighted by Gasteiger charge is -2.32. The molecule has 1 fully saturated rings. The van der Waals surface area contributed by atoms with Crippen molar-refractivity contribution in [3.8, 4) is 0 Å². The van der Waals surface area contributed by atoms with Crippen molar-refractivity contribution in [2.45, 2.75) is 31.1 Å². The molecule has 0 bridgehead atoms. The van der Waals surface area contributed by atoms with E-state index in [1.165, 1.54) is 0 Å². The van der Waals surface area contributed by atoms with E-state index < -0.39 is 5.60 Å². The molecule has 2 rings (SSSR count). The highest BCUT2D eigenvalue weighted by Crippen LogP contribution is 2.15. The van der Waals surface area contributed by atoms with E-state index >= 15 is 0 Å². The molecular weight excluding hydrogens is 260 g/mol. The molecular formula is C13H24N4OS. The fourth-order valence-electron chi connectivity index (χ4n) is 2.27. The number of β-amino-alcohol motifs (C(OH)–C–C–N with tert-alkyl or cyclic N) is 1. The van der Waals surface area contributed by atoms with Crippen LogP contribution in [0.3, 0.4) is 0 Å². The van der Waals surface area contributed by atoms with Gasteiger partial charge in [0.2, 0.25) is 0 Å². The molecule has 108 valence electrons. The van der Waals surface area contributed by atoms with Crippen molar-refractivity contribution in [2.24, 2.45) is 0 Å². The summed E-state index contributed by atoms with van der Waals surface area (Å²) in [4.78, 5) is 7.36. The molecule has 1 aromatic rings. The van der Waals surface area contributed by atoms with E-state index in [0.717, 1.165) is 48.8 Å². The average Bonchev–Trinajstić information content (AvgIpc) is 2.80. The number of nitrogens with one attached hydrogen (secondary N) is 3. The summed E-state index contributed by atoms with van der Waals surface area (Å²) in [6, 6.07) is 0. The Bertz CT molecular complexity index is 376. The second kappa shape index (κ2) is 7.28. The smallest absolute Gasteiger partial charge is 0.0925 e. The minimum atomic E-state index is -0.554. The SMILES string of the molecule is Cc1[nH]cnc1CSCCNC[C@]1(O)CCCNC1. The summed E-state index contributed by atoms with van der Waals surface area (Å²) in [5.41, 5.74) is 1.74. The Balaban J connectivity index is 1.53. The van der Waals surface area contributed by atoms with Crippen LogP contribution in [0.4, 0.5) is 0 Å². The zero-order valence-corrected chi connectivity index (χ0v) is 12.4. The highest BCUT2D eigenvalue weighted by atomic mass is 32.2. The number of H-pyrrole nitrogens is 1. The number of imidazole rings is 1. The molecule has 0 saturated carbocycles. The van der Waals surface area contributed by atoms with Crippen molar-refractivity contribution in [3.63, 3.8) is 0 Å². The molecule has 0 aliphatic carbocycles. The molecule has 1 saturated heterocycles. The molecule has 1 aliphatic heterocycles. The minimum absolute atomic E-state index is 0.554. The maximum absolute atomic E-state index is 10.3. The monoisotopic (exact) mass is 284 g/mol. The number of aryl methyl sites for hydroxylation is 1. The van der Waals surface area contributed by atoms with E-state index in [-0.39, 0.29) is 0 Å². The lowest BCUT2D eigenvalue weighted by molar-refractivity contribution is 0.0177. The summed E-state index contributed by atoms with van der Waals surface area (Å²) in [6.45, 7) is 5.39. The van der Waals surface area contributed by atoms with Crippen LogP contribution in [0.5, 0.6) is 0 Å². The number of aliphatic hydroxyl groups is 1. The lowest BCUT2D eigenvalue weighted by atomic mass is 9.94. The van der Waals surface area contributed by atoms with Crippen LogP contribution in [-0.2, 0) is 5.75 Å². The fraction of sp³-hybridized carbons (Fsp3) is 0.769. The number of rotatable bonds is 7. The van der Waals surface area contributed by atoms with Crippen molar-refractivity contribution in [2.75, 3.05) is 31.9 Å². The summed E-state index contributed by atoms with van der Waals surface area (Å²) in [5, 5.41) is 16.9. The third-order valence-electron chi connectivity index (χ3n) is 3.50. The van der Waals surface area contributed by atoms with Gasteiger partial charge in [0, 0.05) is 36.8 Å². The van der Waals surface area contributed by atoms with E-state index in [4.69, 9.17) is 0 Å². The average molecular weight is 284 g/mol. The summed E-state index contributed by atoms with van der Waals surface area (Å²) >= 11 is 1.87. The second-order valence-corrected chi connectivity index (χ2v) is 6.31. The van der Waals surface area contributed by atoms with Crippen molar-refractivity contribution >= 4 is 11.8 Å². The molecule has 6 heteroatoms. The summed E-state index contributed by atoms with van der Waals surface area (Å²) in [7, 11) is 0. The van der Waals surface area contributed by atoms with Gasteiger partial charge in [0.1, 0.15) is 0 Å². The van der Waals surface area contributed by atoms with Gasteiger partial charge in [0.15, 0.2) is 0 Å². The summed E-state index contributed by atoms with van der Waals surface area (Å²) < 4.78 is 0. The van der Waals surface area contributed by atoms with Gasteiger partial charge in [-0.2, -0.15) is 11.8 Å². The lowest BCUT2D eigenvalue weighted by Crippen LogP contribution is -2.52. The fourth-order valence-corrected chi connectivity index (χ4v) is 3.19. The van der Waals surface area contributed by atoms with Gasteiger partial charge < -0.3 is 20.7 Å². The first-order valence-electron chi connectivity index (χ1n) is 6.90. The number of aromatic amines is 1. The normalized spacial score (nSPS) is 23.7. The molecule has 4 N–H and O–H groups in total. The minimum Gasteiger partial charge on any atom is -0.387 e. The van der Waals surface area contributed by atoms with Gasteiger partial charge in [0.05, 0.1) is 17.6 Å². The molecule has 1 aromatic heterocycles. The van der Waals surface area contributed by atoms with Gasteiger partial charge in [-0.15, -0.1) is 0 Å². The maximum atomic E-state index is 10.3. The van der Waals surface area contributed by atoms with Crippen LogP contribution in [0.15, 0.2) is 6.33 Å². The maximum Gasteiger partial charge on any atom is 0.0925 e. The van der Waals surface area contributed by atoms with Gasteiger partial charge >= 0.3 is 0 Å². The predicted octanol–water partition coefficient (Wildman–Crippen LogP) is 0.655. The first-order chi connectivity index (χ1) is 9.20. The molecule has 19 heavy (non-hydrogen) atoms. The Kier molecular flexibility index (Phi) is 5.69. The van der Waals surface area contributed by atoms with E-state index in [1.54, 1.807) is 6.33 Å². The van der Waals surface area contributed by atoms with Crippen LogP contribution in [0, 0.1) is 6.92 Å². The van der Waals surface area contributed by atoms with Gasteiger partial charge in [-0.05, 0) is 26.3 Å². The van der Waals surface area contributed by atoms with Crippen LogP contribution in [-0.4, -0.2) is 52.6 Å². The molecule has 0 aromatic carbocycles. The Morgan fingerprint density at radius 1 is 1.58 bits per heavy atom. The molecule has 1 atom stereocenters. The summed E-state index contributed by atoms with van der Waals surface area (Å²) in [6.07, 6.45) is 3.70. The third kappa shape index (κ3) is 4.80. The standard InChI is InChI=1S/C13H24N4OS/c1-11-12(17-10-16-11)7-19-6-5-15-9-13(18)3-2-4-14-8-13/h10,14-15,18H,2-9H2,1H3,(H,16,17)/t13-/m0/s1. The highest BCUT2D eigenvalue weighted by molar-refractivity contribution is 7.98. The van der Waals surface area contributed by atoms with Crippen molar-refractivity contribution < 1.29 is 5.11 Å². The molecule has 1 aliphatic rings. The van der Waals surface area contributed by atoms with Gasteiger partial charge in [-0.1, -0.05) is 0 Å². The molecule has 0 amide bonds. The molecule has 2 heterocycles. The largest absolute Gasteiger partial charge is 0.387 e. The van der Waals surface area contributed by atoms with E-state index in [0.29, 0.717) is 13.1 Å². The number of nitrogens with zero attached hydrogens (tertiary/aromatic N) is 1. The van der Waals surface area contributed by atoms with Crippen molar-refractivity contribution in [1.29, 1.82) is 0 Å². The number of hydrogen-bond donors (Lipinski definition) is 4. The Labute approximate surface area is 119 Å². The molecule has 0 unspecified atom stereocenters. The van der Waals surface area contributed by atoms with Crippen LogP contribution in [0.1, 0.15) is 24.2 Å². The van der Waals surface area contributed by atoms with E-state index in [9.17, 15) is 5.11 Å². The number of thioether (sulfide) groups is 1. The van der Waals surface area contributed by atoms with Crippen LogP contribution in [0.25, 0.3) is 0 Å².